The number of aliphatic hydroxyl groups is 1. The molecule has 0 spiro atoms. The smallest absolute Gasteiger partial charge is 0.407 e. The number of likely N-dealkylation sites (tertiary alicyclic amines) is 1. The van der Waals surface area contributed by atoms with Gasteiger partial charge in [0.2, 0.25) is 11.8 Å². The molecule has 54 heavy (non-hydrogen) atoms. The number of amides is 4. The summed E-state index contributed by atoms with van der Waals surface area (Å²) in [6, 6.07) is 12.0. The number of rotatable bonds is 14. The van der Waals surface area contributed by atoms with E-state index in [0.717, 1.165) is 40.3 Å². The first-order chi connectivity index (χ1) is 26.0. The van der Waals surface area contributed by atoms with Crippen LogP contribution < -0.4 is 10.6 Å². The second-order valence-electron chi connectivity index (χ2n) is 13.8. The van der Waals surface area contributed by atoms with Crippen LogP contribution in [0.15, 0.2) is 54.7 Å². The number of aromatic nitrogens is 2. The molecule has 1 aromatic heterocycles. The van der Waals surface area contributed by atoms with E-state index in [1.807, 2.05) is 34.9 Å². The number of benzene rings is 2. The normalized spacial score (nSPS) is 21.6. The number of nitrogens with one attached hydrogen (secondary N) is 2. The van der Waals surface area contributed by atoms with Gasteiger partial charge in [-0.1, -0.05) is 30.3 Å². The van der Waals surface area contributed by atoms with E-state index in [9.17, 15) is 28.7 Å². The molecule has 0 saturated carbocycles. The summed E-state index contributed by atoms with van der Waals surface area (Å²) in [6.45, 7) is 3.24. The maximum atomic E-state index is 15.2. The Kier molecular flexibility index (Phi) is 13.0. The van der Waals surface area contributed by atoms with E-state index >= 15 is 4.39 Å². The largest absolute Gasteiger partial charge is 0.444 e. The van der Waals surface area contributed by atoms with Gasteiger partial charge in [-0.3, -0.25) is 19.3 Å². The fourth-order valence-electron chi connectivity index (χ4n) is 7.34. The summed E-state index contributed by atoms with van der Waals surface area (Å²) in [5, 5.41) is 16.0. The third-order valence-electron chi connectivity index (χ3n) is 10.1. The van der Waals surface area contributed by atoms with Gasteiger partial charge in [-0.25, -0.2) is 30.2 Å². The first-order valence-corrected chi connectivity index (χ1v) is 19.0. The maximum absolute atomic E-state index is 15.2. The first-order valence-electron chi connectivity index (χ1n) is 18.0. The number of alkyl carbamates (subject to hydrolysis) is 1. The average molecular weight is 765 g/mol. The van der Waals surface area contributed by atoms with Crippen molar-refractivity contribution in [3.63, 3.8) is 0 Å². The minimum Gasteiger partial charge on any atom is -0.444 e. The zero-order valence-electron chi connectivity index (χ0n) is 29.9. The van der Waals surface area contributed by atoms with Crippen molar-refractivity contribution >= 4 is 42.6 Å². The van der Waals surface area contributed by atoms with Gasteiger partial charge < -0.3 is 34.7 Å². The Morgan fingerprint density at radius 3 is 2.63 bits per heavy atom. The van der Waals surface area contributed by atoms with Gasteiger partial charge in [-0.15, -0.1) is 0 Å². The van der Waals surface area contributed by atoms with Crippen LogP contribution in [0.5, 0.6) is 0 Å². The van der Waals surface area contributed by atoms with Crippen LogP contribution in [0.25, 0.3) is 11.3 Å². The number of imidazole rings is 1. The molecule has 0 aliphatic carbocycles. The zero-order valence-corrected chi connectivity index (χ0v) is 30.7. The highest BCUT2D eigenvalue weighted by Gasteiger charge is 2.42. The predicted octanol–water partition coefficient (Wildman–Crippen LogP) is 2.81. The summed E-state index contributed by atoms with van der Waals surface area (Å²) in [5.41, 5.74) is 1.07. The number of carbonyl (C=O) groups is 4. The molecule has 286 valence electrons. The Morgan fingerprint density at radius 2 is 1.93 bits per heavy atom. The Balaban J connectivity index is 1.28. The zero-order chi connectivity index (χ0) is 38.4. The minimum atomic E-state index is -1.39. The highest BCUT2D eigenvalue weighted by molar-refractivity contribution is 8.20. The number of carbonyl (C=O) groups excluding carboxylic acids is 4. The molecule has 6 rings (SSSR count). The van der Waals surface area contributed by atoms with E-state index in [0.29, 0.717) is 51.5 Å². The van der Waals surface area contributed by atoms with Crippen LogP contribution in [0.2, 0.25) is 0 Å². The third-order valence-corrected chi connectivity index (χ3v) is 10.8. The van der Waals surface area contributed by atoms with Crippen molar-refractivity contribution in [2.45, 2.75) is 56.2 Å². The van der Waals surface area contributed by atoms with Crippen molar-refractivity contribution in [3.05, 3.63) is 77.8 Å². The molecular weight excluding hydrogens is 721 g/mol. The lowest BCUT2D eigenvalue weighted by molar-refractivity contribution is -0.146. The van der Waals surface area contributed by atoms with Gasteiger partial charge in [0.1, 0.15) is 29.7 Å². The van der Waals surface area contributed by atoms with Crippen LogP contribution in [0.4, 0.5) is 13.6 Å². The van der Waals surface area contributed by atoms with Crippen LogP contribution >= 0.6 is 11.6 Å². The molecular formula is C37H43BF2N6O7S. The summed E-state index contributed by atoms with van der Waals surface area (Å²) >= 11 is 0.814. The Labute approximate surface area is 317 Å². The number of halogens is 2. The molecule has 3 aliphatic rings. The fourth-order valence-corrected chi connectivity index (χ4v) is 7.82. The first kappa shape index (κ1) is 39.4. The summed E-state index contributed by atoms with van der Waals surface area (Å²) in [6.07, 6.45) is -0.0432. The van der Waals surface area contributed by atoms with E-state index in [1.54, 1.807) is 11.1 Å². The molecule has 4 heterocycles. The van der Waals surface area contributed by atoms with E-state index in [2.05, 4.69) is 10.6 Å². The predicted molar refractivity (Wildman–Crippen MR) is 196 cm³/mol. The molecule has 3 N–H and O–H groups in total. The van der Waals surface area contributed by atoms with E-state index in [4.69, 9.17) is 21.6 Å². The molecule has 17 heteroatoms. The van der Waals surface area contributed by atoms with Crippen molar-refractivity contribution in [1.29, 1.82) is 0 Å². The summed E-state index contributed by atoms with van der Waals surface area (Å²) in [4.78, 5) is 59.3. The number of imide groups is 1. The monoisotopic (exact) mass is 764 g/mol. The van der Waals surface area contributed by atoms with Crippen molar-refractivity contribution in [3.8, 4) is 11.3 Å². The SMILES string of the molecule is [B]SC1CC(=O)N(CCNC(=O)O[C@@H]2CNC[C@H]2CN(C(=O)[C@H](C)O)[C@@H](c2nc(-c3cc(F)ccc3F)cn2Cc2ccccc2)C2CCOCC2)C1=O. The van der Waals surface area contributed by atoms with Crippen LogP contribution in [-0.2, 0) is 30.4 Å². The summed E-state index contributed by atoms with van der Waals surface area (Å²) < 4.78 is 43.0. The third kappa shape index (κ3) is 9.13. The van der Waals surface area contributed by atoms with Crippen molar-refractivity contribution in [1.82, 2.24) is 30.0 Å². The number of ether oxygens (including phenoxy) is 2. The van der Waals surface area contributed by atoms with Gasteiger partial charge in [-0.2, -0.15) is 0 Å². The maximum Gasteiger partial charge on any atom is 0.407 e. The van der Waals surface area contributed by atoms with E-state index in [-0.39, 0.29) is 49.1 Å². The molecule has 5 atom stereocenters. The van der Waals surface area contributed by atoms with Gasteiger partial charge in [0.25, 0.3) is 5.91 Å². The number of aliphatic hydroxyl groups excluding tert-OH is 1. The van der Waals surface area contributed by atoms with Crippen molar-refractivity contribution < 1.29 is 42.5 Å². The molecule has 2 radical (unpaired) electrons. The highest BCUT2D eigenvalue weighted by atomic mass is 32.2. The molecule has 3 saturated heterocycles. The van der Waals surface area contributed by atoms with Crippen LogP contribution in [0.3, 0.4) is 0 Å². The minimum absolute atomic E-state index is 0.00588. The topological polar surface area (TPSA) is 155 Å². The standard InChI is InChI=1S/C37H43BF2N6O7S/c1-22(47)35(49)46(20-25-17-41-18-30(25)53-37(51)42-11-12-45-32(48)16-31(54-38)36(45)50)33(24-9-13-52-14-10-24)34-43-29(27-15-26(39)7-8-28(27)40)21-44(34)19-23-5-3-2-4-6-23/h2-8,15,21-22,24-25,30-31,33,41,47H,9-14,16-20H2,1H3,(H,42,51)/t22-,25-,30+,31?,33+/m0/s1. The Morgan fingerprint density at radius 1 is 1.17 bits per heavy atom. The average Bonchev–Trinajstić information content (AvgIpc) is 3.86. The molecule has 2 aromatic carbocycles. The van der Waals surface area contributed by atoms with E-state index < -0.39 is 59.0 Å². The van der Waals surface area contributed by atoms with Crippen molar-refractivity contribution in [2.75, 3.05) is 45.9 Å². The highest BCUT2D eigenvalue weighted by Crippen LogP contribution is 2.38. The van der Waals surface area contributed by atoms with Crippen LogP contribution in [0, 0.1) is 23.5 Å². The summed E-state index contributed by atoms with van der Waals surface area (Å²) in [7, 11) is 5.51. The summed E-state index contributed by atoms with van der Waals surface area (Å²) in [5.74, 6) is -2.78. The Hall–Kier alpha value is -4.32. The lowest BCUT2D eigenvalue weighted by Crippen LogP contribution is -2.49. The number of hydrogen-bond donors (Lipinski definition) is 3. The van der Waals surface area contributed by atoms with Crippen LogP contribution in [0.1, 0.15) is 43.6 Å². The van der Waals surface area contributed by atoms with Gasteiger partial charge >= 0.3 is 6.09 Å². The van der Waals surface area contributed by atoms with Crippen LogP contribution in [-0.4, -0.2) is 119 Å². The van der Waals surface area contributed by atoms with Crippen molar-refractivity contribution in [2.24, 2.45) is 11.8 Å². The second kappa shape index (κ2) is 17.9. The quantitative estimate of drug-likeness (QED) is 0.165. The number of hydrogen-bond acceptors (Lipinski definition) is 10. The Bertz CT molecular complexity index is 1810. The van der Waals surface area contributed by atoms with Gasteiger partial charge in [0, 0.05) is 76.6 Å². The molecule has 0 bridgehead atoms. The molecule has 3 aliphatic heterocycles. The number of nitrogens with zero attached hydrogens (tertiary/aromatic N) is 4. The molecule has 1 unspecified atom stereocenters. The molecule has 3 fully saturated rings. The molecule has 4 amide bonds. The van der Waals surface area contributed by atoms with E-state index in [1.165, 1.54) is 6.92 Å². The van der Waals surface area contributed by atoms with Gasteiger partial charge in [0.15, 0.2) is 7.12 Å². The fraction of sp³-hybridized carbons (Fsp3) is 0.486. The second-order valence-corrected chi connectivity index (χ2v) is 14.6. The van der Waals surface area contributed by atoms with Gasteiger partial charge in [0.05, 0.1) is 17.0 Å². The lowest BCUT2D eigenvalue weighted by Gasteiger charge is -2.40. The van der Waals surface area contributed by atoms with Gasteiger partial charge in [-0.05, 0) is 49.4 Å². The molecule has 3 aromatic rings. The molecule has 13 nitrogen and oxygen atoms in total. The lowest BCUT2D eigenvalue weighted by atomic mass is 9.88.